The Morgan fingerprint density at radius 3 is 2.56 bits per heavy atom. The maximum absolute atomic E-state index is 13.9. The van der Waals surface area contributed by atoms with Crippen molar-refractivity contribution in [2.75, 3.05) is 42.9 Å². The van der Waals surface area contributed by atoms with Gasteiger partial charge < -0.3 is 20.4 Å². The van der Waals surface area contributed by atoms with Crippen molar-refractivity contribution in [2.24, 2.45) is 0 Å². The Bertz CT molecular complexity index is 762. The third-order valence-electron chi connectivity index (χ3n) is 4.90. The minimum atomic E-state index is -0.334. The smallest absolute Gasteiger partial charge is 0.319 e. The molecule has 2 N–H and O–H groups in total. The molecule has 1 aromatic heterocycles. The number of aromatic nitrogens is 1. The van der Waals surface area contributed by atoms with Crippen molar-refractivity contribution in [3.63, 3.8) is 0 Å². The second-order valence-electron chi connectivity index (χ2n) is 6.68. The topological polar surface area (TPSA) is 60.5 Å². The summed E-state index contributed by atoms with van der Waals surface area (Å²) in [6.07, 6.45) is 3.22. The van der Waals surface area contributed by atoms with Gasteiger partial charge in [0.1, 0.15) is 5.82 Å². The highest BCUT2D eigenvalue weighted by molar-refractivity contribution is 5.89. The van der Waals surface area contributed by atoms with Gasteiger partial charge in [-0.3, -0.25) is 4.98 Å². The van der Waals surface area contributed by atoms with Crippen LogP contribution in [0.3, 0.4) is 0 Å². The van der Waals surface area contributed by atoms with Crippen molar-refractivity contribution in [3.05, 3.63) is 54.1 Å². The molecule has 7 heteroatoms. The van der Waals surface area contributed by atoms with E-state index in [0.29, 0.717) is 5.69 Å². The van der Waals surface area contributed by atoms with Gasteiger partial charge in [-0.05, 0) is 43.8 Å². The molecule has 0 bridgehead atoms. The first-order chi connectivity index (χ1) is 13.1. The highest BCUT2D eigenvalue weighted by Crippen LogP contribution is 2.28. The number of hydrogen-bond acceptors (Lipinski definition) is 4. The normalized spacial score (nSPS) is 16.0. The van der Waals surface area contributed by atoms with Gasteiger partial charge in [-0.2, -0.15) is 0 Å². The molecule has 1 atom stereocenters. The first-order valence-electron chi connectivity index (χ1n) is 9.31. The molecule has 0 spiro atoms. The molecule has 144 valence electrons. The van der Waals surface area contributed by atoms with Crippen molar-refractivity contribution in [2.45, 2.75) is 19.9 Å². The van der Waals surface area contributed by atoms with Crippen LogP contribution in [0.1, 0.15) is 25.5 Å². The molecule has 0 radical (unpaired) electrons. The fourth-order valence-electron chi connectivity index (χ4n) is 3.34. The van der Waals surface area contributed by atoms with Gasteiger partial charge in [0, 0.05) is 55.5 Å². The zero-order chi connectivity index (χ0) is 19.2. The number of anilines is 2. The predicted octanol–water partition coefficient (Wildman–Crippen LogP) is 3.25. The summed E-state index contributed by atoms with van der Waals surface area (Å²) in [6, 6.07) is 7.57. The van der Waals surface area contributed by atoms with Crippen LogP contribution in [0.4, 0.5) is 20.6 Å². The number of piperazine rings is 1. The molecule has 27 heavy (non-hydrogen) atoms. The molecular formula is C20H26FN5O. The van der Waals surface area contributed by atoms with Crippen LogP contribution in [-0.2, 0) is 0 Å². The van der Waals surface area contributed by atoms with E-state index in [1.807, 2.05) is 13.0 Å². The van der Waals surface area contributed by atoms with Gasteiger partial charge in [0.2, 0.25) is 0 Å². The van der Waals surface area contributed by atoms with Crippen LogP contribution in [-0.4, -0.2) is 48.6 Å². The van der Waals surface area contributed by atoms with Gasteiger partial charge in [-0.15, -0.1) is 0 Å². The standard InChI is InChI=1S/C20H26FN5O/c1-3-25-10-12-26(13-11-25)19-5-4-16(21)14-18(19)15(2)23-20(27)24-17-6-8-22-9-7-17/h4-9,14-15H,3,10-13H2,1-2H3,(H2,22,23,24,27). The number of urea groups is 1. The van der Waals surface area contributed by atoms with Crippen molar-refractivity contribution >= 4 is 17.4 Å². The molecule has 1 aromatic carbocycles. The maximum atomic E-state index is 13.9. The number of benzene rings is 1. The van der Waals surface area contributed by atoms with Gasteiger partial charge >= 0.3 is 6.03 Å². The first-order valence-corrected chi connectivity index (χ1v) is 9.31. The molecule has 0 saturated carbocycles. The predicted molar refractivity (Wildman–Crippen MR) is 106 cm³/mol. The van der Waals surface area contributed by atoms with Crippen LogP contribution in [0.2, 0.25) is 0 Å². The molecule has 1 fully saturated rings. The number of carbonyl (C=O) groups excluding carboxylic acids is 1. The lowest BCUT2D eigenvalue weighted by molar-refractivity contribution is 0.249. The van der Waals surface area contributed by atoms with E-state index in [1.54, 1.807) is 24.5 Å². The van der Waals surface area contributed by atoms with E-state index >= 15 is 0 Å². The third kappa shape index (κ3) is 4.95. The van der Waals surface area contributed by atoms with Gasteiger partial charge in [-0.25, -0.2) is 9.18 Å². The number of pyridine rings is 1. The second-order valence-corrected chi connectivity index (χ2v) is 6.68. The summed E-state index contributed by atoms with van der Waals surface area (Å²) >= 11 is 0. The van der Waals surface area contributed by atoms with E-state index in [-0.39, 0.29) is 17.9 Å². The molecule has 2 aromatic rings. The van der Waals surface area contributed by atoms with Crippen LogP contribution >= 0.6 is 0 Å². The van der Waals surface area contributed by atoms with E-state index in [0.717, 1.165) is 44.0 Å². The molecule has 2 heterocycles. The molecule has 1 unspecified atom stereocenters. The lowest BCUT2D eigenvalue weighted by atomic mass is 10.0. The van der Waals surface area contributed by atoms with Crippen molar-refractivity contribution < 1.29 is 9.18 Å². The SMILES string of the molecule is CCN1CCN(c2ccc(F)cc2C(C)NC(=O)Nc2ccncc2)CC1. The van der Waals surface area contributed by atoms with Gasteiger partial charge in [-0.1, -0.05) is 6.92 Å². The number of likely N-dealkylation sites (N-methyl/N-ethyl adjacent to an activating group) is 1. The Hall–Kier alpha value is -2.67. The monoisotopic (exact) mass is 371 g/mol. The molecule has 0 aliphatic carbocycles. The number of nitrogens with one attached hydrogen (secondary N) is 2. The molecule has 3 rings (SSSR count). The summed E-state index contributed by atoms with van der Waals surface area (Å²) < 4.78 is 13.9. The Balaban J connectivity index is 1.71. The van der Waals surface area contributed by atoms with E-state index in [4.69, 9.17) is 0 Å². The average Bonchev–Trinajstić information content (AvgIpc) is 2.68. The van der Waals surface area contributed by atoms with Crippen LogP contribution in [0.25, 0.3) is 0 Å². The summed E-state index contributed by atoms with van der Waals surface area (Å²) in [6.45, 7) is 8.82. The number of nitrogens with zero attached hydrogens (tertiary/aromatic N) is 3. The fraction of sp³-hybridized carbons (Fsp3) is 0.400. The molecular weight excluding hydrogens is 345 g/mol. The van der Waals surface area contributed by atoms with Crippen LogP contribution in [0.15, 0.2) is 42.7 Å². The third-order valence-corrected chi connectivity index (χ3v) is 4.90. The number of carbonyl (C=O) groups is 1. The minimum Gasteiger partial charge on any atom is -0.369 e. The molecule has 6 nitrogen and oxygen atoms in total. The highest BCUT2D eigenvalue weighted by atomic mass is 19.1. The average molecular weight is 371 g/mol. The Morgan fingerprint density at radius 1 is 1.19 bits per heavy atom. The van der Waals surface area contributed by atoms with E-state index < -0.39 is 0 Å². The quantitative estimate of drug-likeness (QED) is 0.847. The number of amides is 2. The lowest BCUT2D eigenvalue weighted by Crippen LogP contribution is -2.46. The lowest BCUT2D eigenvalue weighted by Gasteiger charge is -2.37. The molecule has 1 saturated heterocycles. The minimum absolute atomic E-state index is 0.302. The molecule has 1 aliphatic rings. The summed E-state index contributed by atoms with van der Waals surface area (Å²) in [7, 11) is 0. The largest absolute Gasteiger partial charge is 0.369 e. The van der Waals surface area contributed by atoms with Gasteiger partial charge in [0.25, 0.3) is 0 Å². The van der Waals surface area contributed by atoms with Crippen molar-refractivity contribution in [1.82, 2.24) is 15.2 Å². The van der Waals surface area contributed by atoms with Crippen LogP contribution in [0, 0.1) is 5.82 Å². The maximum Gasteiger partial charge on any atom is 0.319 e. The van der Waals surface area contributed by atoms with Crippen molar-refractivity contribution in [1.29, 1.82) is 0 Å². The Labute approximate surface area is 159 Å². The summed E-state index contributed by atoms with van der Waals surface area (Å²) in [4.78, 5) is 20.9. The second kappa shape index (κ2) is 8.81. The first kappa shape index (κ1) is 19.1. The van der Waals surface area contributed by atoms with Gasteiger partial charge in [0.15, 0.2) is 0 Å². The fourth-order valence-corrected chi connectivity index (χ4v) is 3.34. The Morgan fingerprint density at radius 2 is 1.89 bits per heavy atom. The van der Waals surface area contributed by atoms with E-state index in [9.17, 15) is 9.18 Å². The molecule has 1 aliphatic heterocycles. The summed E-state index contributed by atoms with van der Waals surface area (Å²) in [5.41, 5.74) is 2.42. The van der Waals surface area contributed by atoms with Crippen molar-refractivity contribution in [3.8, 4) is 0 Å². The number of rotatable bonds is 5. The number of hydrogen-bond donors (Lipinski definition) is 2. The van der Waals surface area contributed by atoms with Crippen LogP contribution < -0.4 is 15.5 Å². The van der Waals surface area contributed by atoms with E-state index in [1.165, 1.54) is 12.1 Å². The Kier molecular flexibility index (Phi) is 6.24. The van der Waals surface area contributed by atoms with Gasteiger partial charge in [0.05, 0.1) is 6.04 Å². The molecule has 2 amide bonds. The summed E-state index contributed by atoms with van der Waals surface area (Å²) in [5, 5.41) is 5.66. The number of halogens is 1. The van der Waals surface area contributed by atoms with Crippen LogP contribution in [0.5, 0.6) is 0 Å². The zero-order valence-electron chi connectivity index (χ0n) is 15.8. The highest BCUT2D eigenvalue weighted by Gasteiger charge is 2.21. The van der Waals surface area contributed by atoms with E-state index in [2.05, 4.69) is 32.3 Å². The zero-order valence-corrected chi connectivity index (χ0v) is 15.8. The summed E-state index contributed by atoms with van der Waals surface area (Å²) in [5.74, 6) is -0.302.